The van der Waals surface area contributed by atoms with Gasteiger partial charge in [0.2, 0.25) is 5.91 Å². The molecule has 88 valence electrons. The fourth-order valence-electron chi connectivity index (χ4n) is 0.923. The van der Waals surface area contributed by atoms with Crippen molar-refractivity contribution in [2.75, 3.05) is 6.54 Å². The highest BCUT2D eigenvalue weighted by Gasteiger charge is 2.18. The molecule has 0 aromatic rings. The summed E-state index contributed by atoms with van der Waals surface area (Å²) in [6.07, 6.45) is 0. The second kappa shape index (κ2) is 6.13. The van der Waals surface area contributed by atoms with E-state index in [1.807, 2.05) is 34.6 Å². The molecule has 15 heavy (non-hydrogen) atoms. The average molecular weight is 233 g/mol. The molecular formula is C11H21ClN2O. The van der Waals surface area contributed by atoms with Crippen LogP contribution in [-0.4, -0.2) is 24.0 Å². The van der Waals surface area contributed by atoms with Crippen LogP contribution in [0.1, 0.15) is 34.6 Å². The zero-order valence-corrected chi connectivity index (χ0v) is 10.9. The second-order valence-corrected chi connectivity index (χ2v) is 5.02. The molecule has 0 saturated carbocycles. The van der Waals surface area contributed by atoms with Crippen LogP contribution in [0.2, 0.25) is 0 Å². The molecule has 0 fully saturated rings. The minimum atomic E-state index is -0.212. The summed E-state index contributed by atoms with van der Waals surface area (Å²) in [6, 6.07) is -0.212. The summed E-state index contributed by atoms with van der Waals surface area (Å²) in [5, 5.41) is 6.00. The molecule has 1 atom stereocenters. The van der Waals surface area contributed by atoms with E-state index in [-0.39, 0.29) is 17.5 Å². The van der Waals surface area contributed by atoms with Crippen LogP contribution in [0.4, 0.5) is 0 Å². The summed E-state index contributed by atoms with van der Waals surface area (Å²) >= 11 is 5.52. The quantitative estimate of drug-likeness (QED) is 0.779. The molecule has 0 heterocycles. The zero-order chi connectivity index (χ0) is 12.1. The molecule has 1 unspecified atom stereocenters. The molecule has 0 bridgehead atoms. The van der Waals surface area contributed by atoms with Gasteiger partial charge in [-0.2, -0.15) is 0 Å². The maximum Gasteiger partial charge on any atom is 0.237 e. The van der Waals surface area contributed by atoms with Crippen molar-refractivity contribution in [2.24, 2.45) is 0 Å². The lowest BCUT2D eigenvalue weighted by Gasteiger charge is -2.23. The van der Waals surface area contributed by atoms with E-state index in [1.54, 1.807) is 0 Å². The van der Waals surface area contributed by atoms with Gasteiger partial charge in [0.25, 0.3) is 0 Å². The predicted molar refractivity (Wildman–Crippen MR) is 65.0 cm³/mol. The first kappa shape index (κ1) is 14.5. The molecule has 3 nitrogen and oxygen atoms in total. The zero-order valence-electron chi connectivity index (χ0n) is 10.1. The number of nitrogens with one attached hydrogen (secondary N) is 2. The minimum Gasteiger partial charge on any atom is -0.350 e. The fourth-order valence-corrected chi connectivity index (χ4v) is 1.00. The number of rotatable bonds is 4. The lowest BCUT2D eigenvalue weighted by Crippen LogP contribution is -2.49. The number of carbonyl (C=O) groups excluding carboxylic acids is 1. The first-order chi connectivity index (χ1) is 6.76. The Labute approximate surface area is 97.3 Å². The van der Waals surface area contributed by atoms with Gasteiger partial charge in [0.15, 0.2) is 0 Å². The van der Waals surface area contributed by atoms with Crippen LogP contribution in [0.5, 0.6) is 0 Å². The Hall–Kier alpha value is -0.540. The highest BCUT2D eigenvalue weighted by atomic mass is 35.5. The van der Waals surface area contributed by atoms with Crippen molar-refractivity contribution in [1.82, 2.24) is 10.6 Å². The molecule has 4 heteroatoms. The molecule has 2 N–H and O–H groups in total. The molecule has 0 rings (SSSR count). The smallest absolute Gasteiger partial charge is 0.237 e. The van der Waals surface area contributed by atoms with E-state index in [0.29, 0.717) is 6.54 Å². The maximum absolute atomic E-state index is 11.6. The van der Waals surface area contributed by atoms with Gasteiger partial charge in [-0.15, -0.1) is 0 Å². The summed E-state index contributed by atoms with van der Waals surface area (Å²) in [5.41, 5.74) is 2.33. The number of hydrogen-bond donors (Lipinski definition) is 2. The summed E-state index contributed by atoms with van der Waals surface area (Å²) in [6.45, 7) is 10.3. The standard InChI is InChI=1S/C11H21ClN2O/c1-8(6-12)7-13-9(2)10(15)14-11(3,4)5/h6,9,13H,7H2,1-5H3,(H,14,15). The Balaban J connectivity index is 4.01. The molecule has 0 radical (unpaired) electrons. The van der Waals surface area contributed by atoms with Crippen LogP contribution in [0.25, 0.3) is 0 Å². The van der Waals surface area contributed by atoms with E-state index in [9.17, 15) is 4.79 Å². The van der Waals surface area contributed by atoms with Crippen LogP contribution in [0.3, 0.4) is 0 Å². The largest absolute Gasteiger partial charge is 0.350 e. The van der Waals surface area contributed by atoms with Crippen molar-refractivity contribution < 1.29 is 4.79 Å². The first-order valence-corrected chi connectivity index (χ1v) is 5.51. The van der Waals surface area contributed by atoms with E-state index < -0.39 is 0 Å². The number of halogens is 1. The fraction of sp³-hybridized carbons (Fsp3) is 0.727. The predicted octanol–water partition coefficient (Wildman–Crippen LogP) is 2.02. The van der Waals surface area contributed by atoms with Crippen LogP contribution in [0.15, 0.2) is 11.1 Å². The lowest BCUT2D eigenvalue weighted by molar-refractivity contribution is -0.124. The SMILES string of the molecule is CC(=CCl)CNC(C)C(=O)NC(C)(C)C. The molecule has 0 aromatic carbocycles. The normalized spacial score (nSPS) is 14.9. The van der Waals surface area contributed by atoms with Crippen molar-refractivity contribution >= 4 is 17.5 Å². The van der Waals surface area contributed by atoms with Gasteiger partial charge in [-0.1, -0.05) is 11.6 Å². The highest BCUT2D eigenvalue weighted by Crippen LogP contribution is 2.00. The average Bonchev–Trinajstić information content (AvgIpc) is 2.10. The van der Waals surface area contributed by atoms with Gasteiger partial charge >= 0.3 is 0 Å². The van der Waals surface area contributed by atoms with Gasteiger partial charge in [-0.3, -0.25) is 4.79 Å². The van der Waals surface area contributed by atoms with E-state index >= 15 is 0 Å². The van der Waals surface area contributed by atoms with Gasteiger partial charge in [0, 0.05) is 17.6 Å². The van der Waals surface area contributed by atoms with Crippen molar-refractivity contribution in [1.29, 1.82) is 0 Å². The Bertz CT molecular complexity index is 243. The summed E-state index contributed by atoms with van der Waals surface area (Å²) in [5.74, 6) is 0.00451. The van der Waals surface area contributed by atoms with Crippen molar-refractivity contribution in [2.45, 2.75) is 46.2 Å². The molecule has 0 aliphatic heterocycles. The van der Waals surface area contributed by atoms with Crippen LogP contribution < -0.4 is 10.6 Å². The van der Waals surface area contributed by atoms with Gasteiger partial charge in [-0.05, 0) is 40.2 Å². The van der Waals surface area contributed by atoms with Gasteiger partial charge < -0.3 is 10.6 Å². The molecule has 0 saturated heterocycles. The van der Waals surface area contributed by atoms with Crippen LogP contribution >= 0.6 is 11.6 Å². The van der Waals surface area contributed by atoms with E-state index in [1.165, 1.54) is 5.54 Å². The third kappa shape index (κ3) is 7.40. The summed E-state index contributed by atoms with van der Waals surface area (Å²) in [4.78, 5) is 11.6. The maximum atomic E-state index is 11.6. The number of amides is 1. The monoisotopic (exact) mass is 232 g/mol. The second-order valence-electron chi connectivity index (χ2n) is 4.80. The van der Waals surface area contributed by atoms with Crippen LogP contribution in [0, 0.1) is 0 Å². The Morgan fingerprint density at radius 1 is 1.47 bits per heavy atom. The minimum absolute atomic E-state index is 0.00451. The molecule has 0 aliphatic rings. The molecule has 0 aromatic heterocycles. The Kier molecular flexibility index (Phi) is 5.91. The Morgan fingerprint density at radius 3 is 2.40 bits per heavy atom. The van der Waals surface area contributed by atoms with Crippen LogP contribution in [-0.2, 0) is 4.79 Å². The summed E-state index contributed by atoms with van der Waals surface area (Å²) < 4.78 is 0. The van der Waals surface area contributed by atoms with Crippen molar-refractivity contribution in [3.8, 4) is 0 Å². The van der Waals surface area contributed by atoms with Crippen molar-refractivity contribution in [3.05, 3.63) is 11.1 Å². The lowest BCUT2D eigenvalue weighted by atomic mass is 10.1. The van der Waals surface area contributed by atoms with E-state index in [0.717, 1.165) is 5.57 Å². The van der Waals surface area contributed by atoms with E-state index in [2.05, 4.69) is 10.6 Å². The molecule has 1 amide bonds. The van der Waals surface area contributed by atoms with Crippen molar-refractivity contribution in [3.63, 3.8) is 0 Å². The van der Waals surface area contributed by atoms with E-state index in [4.69, 9.17) is 11.6 Å². The number of carbonyl (C=O) groups is 1. The third-order valence-electron chi connectivity index (χ3n) is 1.76. The molecule has 0 aliphatic carbocycles. The Morgan fingerprint density at radius 2 is 2.00 bits per heavy atom. The molecule has 0 spiro atoms. The van der Waals surface area contributed by atoms with Gasteiger partial charge in [-0.25, -0.2) is 0 Å². The van der Waals surface area contributed by atoms with Gasteiger partial charge in [0.1, 0.15) is 0 Å². The number of hydrogen-bond acceptors (Lipinski definition) is 2. The highest BCUT2D eigenvalue weighted by molar-refractivity contribution is 6.25. The molecular weight excluding hydrogens is 212 g/mol. The topological polar surface area (TPSA) is 41.1 Å². The van der Waals surface area contributed by atoms with Gasteiger partial charge in [0.05, 0.1) is 6.04 Å². The third-order valence-corrected chi connectivity index (χ3v) is 2.14. The summed E-state index contributed by atoms with van der Waals surface area (Å²) in [7, 11) is 0. The first-order valence-electron chi connectivity index (χ1n) is 5.07.